The molecule has 0 unspecified atom stereocenters. The van der Waals surface area contributed by atoms with Gasteiger partial charge >= 0.3 is 0 Å². The molecule has 0 aliphatic carbocycles. The monoisotopic (exact) mass is 444 g/mol. The maximum Gasteiger partial charge on any atom is 0.148 e. The quantitative estimate of drug-likeness (QED) is 0.450. The maximum absolute atomic E-state index is 14.6. The summed E-state index contributed by atoms with van der Waals surface area (Å²) in [5.41, 5.74) is -1.48. The number of aliphatic hydroxyl groups is 1. The van der Waals surface area contributed by atoms with Gasteiger partial charge in [0.25, 0.3) is 0 Å². The van der Waals surface area contributed by atoms with E-state index in [4.69, 9.17) is 4.74 Å². The van der Waals surface area contributed by atoms with Crippen molar-refractivity contribution in [3.05, 3.63) is 90.0 Å². The Morgan fingerprint density at radius 3 is 2.66 bits per heavy atom. The lowest BCUT2D eigenvalue weighted by Gasteiger charge is -2.34. The van der Waals surface area contributed by atoms with Gasteiger partial charge in [-0.2, -0.15) is 5.10 Å². The van der Waals surface area contributed by atoms with E-state index in [0.717, 1.165) is 12.1 Å². The number of benzene rings is 2. The van der Waals surface area contributed by atoms with Gasteiger partial charge in [-0.05, 0) is 25.1 Å². The summed E-state index contributed by atoms with van der Waals surface area (Å²) < 4.78 is 50.3. The molecule has 2 aromatic carbocycles. The normalized spacial score (nSPS) is 14.3. The van der Waals surface area contributed by atoms with Crippen LogP contribution in [0.2, 0.25) is 0 Å². The fourth-order valence-electron chi connectivity index (χ4n) is 3.30. The van der Waals surface area contributed by atoms with Crippen LogP contribution in [0, 0.1) is 17.5 Å². The highest BCUT2D eigenvalue weighted by Gasteiger charge is 2.40. The summed E-state index contributed by atoms with van der Waals surface area (Å²) in [6.07, 6.45) is 3.14. The molecule has 0 aliphatic heterocycles. The van der Waals surface area contributed by atoms with Crippen LogP contribution in [0.5, 0.6) is 0 Å². The second-order valence-electron chi connectivity index (χ2n) is 7.20. The third kappa shape index (κ3) is 4.39. The van der Waals surface area contributed by atoms with Gasteiger partial charge in [-0.1, -0.05) is 23.4 Å². The number of hydrogen-bond acceptors (Lipinski definition) is 6. The molecule has 0 radical (unpaired) electrons. The number of para-hydroxylation sites is 1. The lowest BCUT2D eigenvalue weighted by molar-refractivity contribution is -0.124. The number of aromatic nitrogens is 6. The molecule has 0 aliphatic rings. The Morgan fingerprint density at radius 2 is 1.94 bits per heavy atom. The molecule has 0 saturated heterocycles. The van der Waals surface area contributed by atoms with E-state index in [2.05, 4.69) is 20.4 Å². The molecule has 0 saturated carbocycles. The molecule has 11 heteroatoms. The summed E-state index contributed by atoms with van der Waals surface area (Å²) in [6.45, 7) is 1.25. The van der Waals surface area contributed by atoms with Crippen molar-refractivity contribution in [1.29, 1.82) is 0 Å². The number of nitrogens with zero attached hydrogens (tertiary/aromatic N) is 6. The molecular weight excluding hydrogens is 425 g/mol. The van der Waals surface area contributed by atoms with Crippen LogP contribution in [0.1, 0.15) is 18.2 Å². The van der Waals surface area contributed by atoms with E-state index in [-0.39, 0.29) is 24.4 Å². The Kier molecular flexibility index (Phi) is 6.01. The Labute approximate surface area is 180 Å². The minimum absolute atomic E-state index is 0.0991. The SMILES string of the molecule is C[C@@H](OCc1cn(-c2ccccc2F)nn1)[C@](O)(Cn1cncn1)c1ccc(F)cc1F. The van der Waals surface area contributed by atoms with Gasteiger partial charge in [0.05, 0.1) is 25.5 Å². The van der Waals surface area contributed by atoms with E-state index >= 15 is 0 Å². The second-order valence-corrected chi connectivity index (χ2v) is 7.20. The molecule has 2 aromatic heterocycles. The average Bonchev–Trinajstić information content (AvgIpc) is 3.44. The Balaban J connectivity index is 1.55. The average molecular weight is 444 g/mol. The molecule has 1 N–H and O–H groups in total. The van der Waals surface area contributed by atoms with Crippen LogP contribution in [0.3, 0.4) is 0 Å². The van der Waals surface area contributed by atoms with Gasteiger partial charge in [0.2, 0.25) is 0 Å². The van der Waals surface area contributed by atoms with E-state index < -0.39 is 29.2 Å². The fourth-order valence-corrected chi connectivity index (χ4v) is 3.30. The van der Waals surface area contributed by atoms with Gasteiger partial charge in [-0.15, -0.1) is 5.10 Å². The highest BCUT2D eigenvalue weighted by molar-refractivity contribution is 5.32. The fraction of sp³-hybridized carbons (Fsp3) is 0.238. The summed E-state index contributed by atoms with van der Waals surface area (Å²) in [6, 6.07) is 8.98. The van der Waals surface area contributed by atoms with Crippen LogP contribution in [0.4, 0.5) is 13.2 Å². The van der Waals surface area contributed by atoms with Gasteiger partial charge in [0, 0.05) is 11.6 Å². The Hall–Kier alpha value is -3.57. The molecule has 2 heterocycles. The zero-order valence-electron chi connectivity index (χ0n) is 16.9. The van der Waals surface area contributed by atoms with Crippen molar-refractivity contribution in [3.63, 3.8) is 0 Å². The van der Waals surface area contributed by atoms with Crippen molar-refractivity contribution in [1.82, 2.24) is 29.8 Å². The summed E-state index contributed by atoms with van der Waals surface area (Å²) >= 11 is 0. The molecule has 4 aromatic rings. The Bertz CT molecular complexity index is 1200. The van der Waals surface area contributed by atoms with Crippen LogP contribution in [0.25, 0.3) is 5.69 Å². The van der Waals surface area contributed by atoms with E-state index in [9.17, 15) is 18.3 Å². The van der Waals surface area contributed by atoms with Gasteiger partial charge in [-0.25, -0.2) is 27.5 Å². The van der Waals surface area contributed by atoms with E-state index in [1.165, 1.54) is 34.3 Å². The third-order valence-electron chi connectivity index (χ3n) is 5.06. The minimum Gasteiger partial charge on any atom is -0.380 e. The zero-order chi connectivity index (χ0) is 22.7. The highest BCUT2D eigenvalue weighted by atomic mass is 19.1. The zero-order valence-corrected chi connectivity index (χ0v) is 16.9. The molecule has 0 amide bonds. The van der Waals surface area contributed by atoms with Gasteiger partial charge < -0.3 is 9.84 Å². The predicted octanol–water partition coefficient (Wildman–Crippen LogP) is 2.77. The highest BCUT2D eigenvalue weighted by Crippen LogP contribution is 2.32. The van der Waals surface area contributed by atoms with Gasteiger partial charge in [0.1, 0.15) is 47.1 Å². The van der Waals surface area contributed by atoms with Crippen LogP contribution < -0.4 is 0 Å². The first-order valence-corrected chi connectivity index (χ1v) is 9.65. The lowest BCUT2D eigenvalue weighted by atomic mass is 9.88. The van der Waals surface area contributed by atoms with E-state index in [1.807, 2.05) is 0 Å². The first-order valence-electron chi connectivity index (χ1n) is 9.65. The van der Waals surface area contributed by atoms with Crippen LogP contribution in [0.15, 0.2) is 61.3 Å². The van der Waals surface area contributed by atoms with Crippen molar-refractivity contribution in [2.75, 3.05) is 0 Å². The lowest BCUT2D eigenvalue weighted by Crippen LogP contribution is -2.44. The van der Waals surface area contributed by atoms with Crippen LogP contribution in [-0.4, -0.2) is 41.0 Å². The molecule has 0 spiro atoms. The van der Waals surface area contributed by atoms with Crippen molar-refractivity contribution in [3.8, 4) is 5.69 Å². The van der Waals surface area contributed by atoms with E-state index in [1.54, 1.807) is 25.1 Å². The van der Waals surface area contributed by atoms with E-state index in [0.29, 0.717) is 11.8 Å². The molecular formula is C21H19F3N6O2. The topological polar surface area (TPSA) is 90.9 Å². The maximum atomic E-state index is 14.6. The summed E-state index contributed by atoms with van der Waals surface area (Å²) in [4.78, 5) is 3.82. The second kappa shape index (κ2) is 8.89. The molecule has 0 bridgehead atoms. The first-order chi connectivity index (χ1) is 15.4. The summed E-state index contributed by atoms with van der Waals surface area (Å²) in [5.74, 6) is -2.16. The summed E-state index contributed by atoms with van der Waals surface area (Å²) in [7, 11) is 0. The van der Waals surface area contributed by atoms with Crippen LogP contribution >= 0.6 is 0 Å². The summed E-state index contributed by atoms with van der Waals surface area (Å²) in [5, 5.41) is 23.2. The molecule has 2 atom stereocenters. The minimum atomic E-state index is -1.91. The predicted molar refractivity (Wildman–Crippen MR) is 106 cm³/mol. The molecule has 0 fully saturated rings. The van der Waals surface area contributed by atoms with Crippen molar-refractivity contribution >= 4 is 0 Å². The van der Waals surface area contributed by atoms with Crippen molar-refractivity contribution in [2.45, 2.75) is 31.8 Å². The Morgan fingerprint density at radius 1 is 1.12 bits per heavy atom. The van der Waals surface area contributed by atoms with Gasteiger partial charge in [-0.3, -0.25) is 0 Å². The third-order valence-corrected chi connectivity index (χ3v) is 5.06. The standard InChI is InChI=1S/C21H19F3N6O2/c1-14(32-10-16-9-30(28-27-16)20-5-3-2-4-18(20)23)21(31,11-29-13-25-12-26-29)17-7-6-15(22)8-19(17)24/h2-9,12-14,31H,10-11H2,1H3/t14-,21-/m1/s1. The molecule has 4 rings (SSSR count). The smallest absolute Gasteiger partial charge is 0.148 e. The molecule has 32 heavy (non-hydrogen) atoms. The van der Waals surface area contributed by atoms with Gasteiger partial charge in [0.15, 0.2) is 0 Å². The van der Waals surface area contributed by atoms with Crippen LogP contribution in [-0.2, 0) is 23.5 Å². The molecule has 8 nitrogen and oxygen atoms in total. The number of halogens is 3. The van der Waals surface area contributed by atoms with Crippen molar-refractivity contribution in [2.24, 2.45) is 0 Å². The van der Waals surface area contributed by atoms with Crippen molar-refractivity contribution < 1.29 is 23.0 Å². The number of ether oxygens (including phenoxy) is 1. The first kappa shape index (κ1) is 21.7. The number of rotatable bonds is 8. The number of hydrogen-bond donors (Lipinski definition) is 1. The molecule has 166 valence electrons. The largest absolute Gasteiger partial charge is 0.380 e.